The minimum Gasteiger partial charge on any atom is -0.463 e. The lowest BCUT2D eigenvalue weighted by atomic mass is 10.0. The van der Waals surface area contributed by atoms with Crippen LogP contribution < -0.4 is 0 Å². The predicted molar refractivity (Wildman–Crippen MR) is 78.0 cm³/mol. The molecule has 118 valence electrons. The van der Waals surface area contributed by atoms with Crippen LogP contribution in [-0.2, 0) is 15.7 Å². The van der Waals surface area contributed by atoms with Gasteiger partial charge in [0.05, 0.1) is 12.2 Å². The van der Waals surface area contributed by atoms with Gasteiger partial charge in [0, 0.05) is 6.08 Å². The topological polar surface area (TPSA) is 26.3 Å². The summed E-state index contributed by atoms with van der Waals surface area (Å²) in [7, 11) is 0. The second-order valence-electron chi connectivity index (χ2n) is 5.06. The summed E-state index contributed by atoms with van der Waals surface area (Å²) in [6, 6.07) is 5.01. The highest BCUT2D eigenvalue weighted by molar-refractivity contribution is 5.84. The Labute approximate surface area is 127 Å². The van der Waals surface area contributed by atoms with E-state index in [9.17, 15) is 18.0 Å². The lowest BCUT2D eigenvalue weighted by Gasteiger charge is -2.07. The summed E-state index contributed by atoms with van der Waals surface area (Å²) < 4.78 is 42.5. The SMILES string of the molecule is CCOC(=O)/C=C1\CCC\C1=C/c1ccc(C(F)(F)F)cc1. The van der Waals surface area contributed by atoms with Crippen molar-refractivity contribution in [1.82, 2.24) is 0 Å². The molecule has 1 aliphatic rings. The van der Waals surface area contributed by atoms with Crippen molar-refractivity contribution >= 4 is 12.0 Å². The van der Waals surface area contributed by atoms with E-state index in [1.54, 1.807) is 6.92 Å². The number of carbonyl (C=O) groups is 1. The first-order valence-corrected chi connectivity index (χ1v) is 7.15. The van der Waals surface area contributed by atoms with E-state index in [0.717, 1.165) is 42.5 Å². The normalized spacial score (nSPS) is 18.9. The van der Waals surface area contributed by atoms with E-state index >= 15 is 0 Å². The van der Waals surface area contributed by atoms with E-state index in [0.29, 0.717) is 12.2 Å². The van der Waals surface area contributed by atoms with Gasteiger partial charge in [-0.05, 0) is 55.0 Å². The predicted octanol–water partition coefficient (Wildman–Crippen LogP) is 4.76. The number of rotatable bonds is 3. The Kier molecular flexibility index (Phi) is 5.06. The molecule has 0 radical (unpaired) electrons. The molecule has 22 heavy (non-hydrogen) atoms. The van der Waals surface area contributed by atoms with Gasteiger partial charge in [0.2, 0.25) is 0 Å². The lowest BCUT2D eigenvalue weighted by Crippen LogP contribution is -2.04. The van der Waals surface area contributed by atoms with Crippen molar-refractivity contribution in [2.75, 3.05) is 6.61 Å². The number of benzene rings is 1. The molecule has 1 fully saturated rings. The highest BCUT2D eigenvalue weighted by Gasteiger charge is 2.29. The van der Waals surface area contributed by atoms with Crippen molar-refractivity contribution in [2.45, 2.75) is 32.4 Å². The Balaban J connectivity index is 2.19. The standard InChI is InChI=1S/C17H17F3O2/c1-2-22-16(21)11-14-5-3-4-13(14)10-12-6-8-15(9-7-12)17(18,19)20/h6-11H,2-5H2,1H3/b13-10+,14-11+. The molecule has 5 heteroatoms. The molecule has 0 atom stereocenters. The quantitative estimate of drug-likeness (QED) is 0.594. The van der Waals surface area contributed by atoms with Crippen LogP contribution in [0.25, 0.3) is 6.08 Å². The first-order valence-electron chi connectivity index (χ1n) is 7.15. The summed E-state index contributed by atoms with van der Waals surface area (Å²) >= 11 is 0. The van der Waals surface area contributed by atoms with Crippen LogP contribution in [0.4, 0.5) is 13.2 Å². The number of hydrogen-bond acceptors (Lipinski definition) is 2. The highest BCUT2D eigenvalue weighted by Crippen LogP contribution is 2.33. The van der Waals surface area contributed by atoms with Gasteiger partial charge in [-0.3, -0.25) is 0 Å². The van der Waals surface area contributed by atoms with Gasteiger partial charge in [-0.2, -0.15) is 13.2 Å². The molecule has 0 N–H and O–H groups in total. The zero-order valence-corrected chi connectivity index (χ0v) is 12.2. The number of allylic oxidation sites excluding steroid dienone is 2. The van der Waals surface area contributed by atoms with Gasteiger partial charge in [-0.25, -0.2) is 4.79 Å². The molecule has 1 saturated carbocycles. The maximum absolute atomic E-state index is 12.5. The molecule has 1 aromatic rings. The molecule has 0 aromatic heterocycles. The van der Waals surface area contributed by atoms with E-state index in [1.807, 2.05) is 6.08 Å². The van der Waals surface area contributed by atoms with Crippen molar-refractivity contribution in [1.29, 1.82) is 0 Å². The molecule has 1 aromatic carbocycles. The number of halogens is 3. The van der Waals surface area contributed by atoms with E-state index < -0.39 is 11.7 Å². The Hall–Kier alpha value is -2.04. The molecule has 0 unspecified atom stereocenters. The highest BCUT2D eigenvalue weighted by atomic mass is 19.4. The number of alkyl halides is 3. The van der Waals surface area contributed by atoms with Gasteiger partial charge in [-0.15, -0.1) is 0 Å². The fourth-order valence-corrected chi connectivity index (χ4v) is 2.42. The number of hydrogen-bond donors (Lipinski definition) is 0. The van der Waals surface area contributed by atoms with Gasteiger partial charge in [0.15, 0.2) is 0 Å². The Morgan fingerprint density at radius 3 is 2.41 bits per heavy atom. The molecule has 0 aliphatic heterocycles. The molecular formula is C17H17F3O2. The van der Waals surface area contributed by atoms with Crippen molar-refractivity contribution in [3.63, 3.8) is 0 Å². The monoisotopic (exact) mass is 310 g/mol. The number of ether oxygens (including phenoxy) is 1. The molecule has 2 nitrogen and oxygen atoms in total. The maximum Gasteiger partial charge on any atom is 0.416 e. The average molecular weight is 310 g/mol. The van der Waals surface area contributed by atoms with Gasteiger partial charge < -0.3 is 4.74 Å². The van der Waals surface area contributed by atoms with Crippen LogP contribution >= 0.6 is 0 Å². The molecule has 2 rings (SSSR count). The van der Waals surface area contributed by atoms with Crippen LogP contribution in [0.1, 0.15) is 37.3 Å². The first-order chi connectivity index (χ1) is 10.4. The summed E-state index contributed by atoms with van der Waals surface area (Å²) in [5, 5.41) is 0. The van der Waals surface area contributed by atoms with E-state index in [2.05, 4.69) is 0 Å². The summed E-state index contributed by atoms with van der Waals surface area (Å²) in [6.45, 7) is 2.06. The van der Waals surface area contributed by atoms with Crippen molar-refractivity contribution in [3.05, 3.63) is 52.6 Å². The second-order valence-corrected chi connectivity index (χ2v) is 5.06. The van der Waals surface area contributed by atoms with Crippen LogP contribution in [0.5, 0.6) is 0 Å². The van der Waals surface area contributed by atoms with E-state index in [1.165, 1.54) is 18.2 Å². The van der Waals surface area contributed by atoms with Crippen molar-refractivity contribution in [3.8, 4) is 0 Å². The Morgan fingerprint density at radius 1 is 1.18 bits per heavy atom. The second kappa shape index (κ2) is 6.81. The van der Waals surface area contributed by atoms with Crippen molar-refractivity contribution in [2.24, 2.45) is 0 Å². The molecular weight excluding hydrogens is 293 g/mol. The van der Waals surface area contributed by atoms with Gasteiger partial charge in [0.25, 0.3) is 0 Å². The lowest BCUT2D eigenvalue weighted by molar-refractivity contribution is -0.138. The third-order valence-electron chi connectivity index (χ3n) is 3.46. The Bertz CT molecular complexity index is 595. The molecule has 0 bridgehead atoms. The zero-order chi connectivity index (χ0) is 16.2. The molecule has 1 aliphatic carbocycles. The summed E-state index contributed by atoms with van der Waals surface area (Å²) in [5.74, 6) is -0.377. The zero-order valence-electron chi connectivity index (χ0n) is 12.2. The van der Waals surface area contributed by atoms with Gasteiger partial charge in [-0.1, -0.05) is 18.2 Å². The van der Waals surface area contributed by atoms with Crippen LogP contribution in [-0.4, -0.2) is 12.6 Å². The summed E-state index contributed by atoms with van der Waals surface area (Å²) in [6.07, 6.45) is 1.51. The largest absolute Gasteiger partial charge is 0.463 e. The minimum atomic E-state index is -4.33. The third-order valence-corrected chi connectivity index (χ3v) is 3.46. The fourth-order valence-electron chi connectivity index (χ4n) is 2.42. The molecule has 0 spiro atoms. The van der Waals surface area contributed by atoms with Gasteiger partial charge in [0.1, 0.15) is 0 Å². The third kappa shape index (κ3) is 4.23. The van der Waals surface area contributed by atoms with E-state index in [4.69, 9.17) is 4.74 Å². The maximum atomic E-state index is 12.5. The van der Waals surface area contributed by atoms with Crippen LogP contribution in [0.3, 0.4) is 0 Å². The Morgan fingerprint density at radius 2 is 1.82 bits per heavy atom. The van der Waals surface area contributed by atoms with E-state index in [-0.39, 0.29) is 5.97 Å². The average Bonchev–Trinajstić information content (AvgIpc) is 2.86. The summed E-state index contributed by atoms with van der Waals surface area (Å²) in [5.41, 5.74) is 1.91. The fraction of sp³-hybridized carbons (Fsp3) is 0.353. The van der Waals surface area contributed by atoms with Crippen molar-refractivity contribution < 1.29 is 22.7 Å². The minimum absolute atomic E-state index is 0.320. The van der Waals surface area contributed by atoms with Gasteiger partial charge >= 0.3 is 12.1 Å². The van der Waals surface area contributed by atoms with Crippen LogP contribution in [0.15, 0.2) is 41.5 Å². The first kappa shape index (κ1) is 16.3. The molecule has 0 amide bonds. The summed E-state index contributed by atoms with van der Waals surface area (Å²) in [4.78, 5) is 11.5. The van der Waals surface area contributed by atoms with Crippen LogP contribution in [0, 0.1) is 0 Å². The molecule has 0 saturated heterocycles. The molecule has 0 heterocycles. The number of esters is 1. The smallest absolute Gasteiger partial charge is 0.416 e. The van der Waals surface area contributed by atoms with Crippen LogP contribution in [0.2, 0.25) is 0 Å². The number of carbonyl (C=O) groups excluding carboxylic acids is 1.